The molecule has 1 aliphatic heterocycles. The number of rotatable bonds is 6. The van der Waals surface area contributed by atoms with Crippen molar-refractivity contribution in [3.05, 3.63) is 45.1 Å². The van der Waals surface area contributed by atoms with Gasteiger partial charge < -0.3 is 29.2 Å². The molecule has 7 aliphatic carbocycles. The number of aliphatic hydroxyl groups is 2. The molecular weight excluding hydrogens is 632 g/mol. The van der Waals surface area contributed by atoms with Crippen LogP contribution >= 0.6 is 0 Å². The fourth-order valence-electron chi connectivity index (χ4n) is 12.2. The first-order chi connectivity index (χ1) is 23.0. The summed E-state index contributed by atoms with van der Waals surface area (Å²) in [5.41, 5.74) is -0.752. The highest BCUT2D eigenvalue weighted by Gasteiger charge is 2.84. The molecule has 1 heterocycles. The van der Waals surface area contributed by atoms with E-state index >= 15 is 0 Å². The van der Waals surface area contributed by atoms with Crippen LogP contribution in [0.15, 0.2) is 45.1 Å². The van der Waals surface area contributed by atoms with E-state index in [0.717, 1.165) is 23.1 Å². The largest absolute Gasteiger partial charge is 0.466 e. The minimum atomic E-state index is -1.44. The molecule has 8 aliphatic rings. The summed E-state index contributed by atoms with van der Waals surface area (Å²) in [6.07, 6.45) is 2.23. The van der Waals surface area contributed by atoms with Gasteiger partial charge in [-0.05, 0) is 86.7 Å². The van der Waals surface area contributed by atoms with Crippen LogP contribution in [0.4, 0.5) is 0 Å². The lowest BCUT2D eigenvalue weighted by Gasteiger charge is -2.63. The van der Waals surface area contributed by atoms with Crippen LogP contribution in [0.3, 0.4) is 0 Å². The van der Waals surface area contributed by atoms with Gasteiger partial charge in [0.2, 0.25) is 0 Å². The first-order valence-electron chi connectivity index (χ1n) is 17.4. The molecule has 5 fully saturated rings. The standard InChI is InChI=1S/C38H44O11/c1-15(2)8-27(40)48-14-37(45)24-11-23(24)35(5)25(37)12-22-20(13-47-17(4)39)34(44)49-38(22)26(35)10-19-18-9-21(18)36(6)29(19)30(38)28(31(41)32(36)42)16(3)33(43)46-7/h8,18,21,23-26,30,32,42,45H,9-14H2,1-7H3/b28-16-/t18-,21-,23-,24+,25-,26+,30+,32+,35+,36+,37+,38+/m1/s1. The summed E-state index contributed by atoms with van der Waals surface area (Å²) in [5, 5.41) is 24.4. The Kier molecular flexibility index (Phi) is 6.67. The van der Waals surface area contributed by atoms with E-state index in [4.69, 9.17) is 18.9 Å². The third kappa shape index (κ3) is 3.83. The Morgan fingerprint density at radius 2 is 1.69 bits per heavy atom. The van der Waals surface area contributed by atoms with E-state index < -0.39 is 75.6 Å². The molecule has 0 unspecified atom stereocenters. The van der Waals surface area contributed by atoms with Crippen LogP contribution in [-0.4, -0.2) is 77.5 Å². The number of carbonyl (C=O) groups is 5. The molecule has 49 heavy (non-hydrogen) atoms. The van der Waals surface area contributed by atoms with Crippen molar-refractivity contribution in [1.29, 1.82) is 0 Å². The lowest BCUT2D eigenvalue weighted by Crippen LogP contribution is -2.67. The second-order valence-corrected chi connectivity index (χ2v) is 16.5. The normalized spacial score (nSPS) is 45.6. The van der Waals surface area contributed by atoms with Crippen molar-refractivity contribution in [2.75, 3.05) is 20.3 Å². The molecule has 0 aromatic heterocycles. The van der Waals surface area contributed by atoms with Gasteiger partial charge in [0, 0.05) is 41.4 Å². The van der Waals surface area contributed by atoms with Crippen LogP contribution < -0.4 is 0 Å². The minimum absolute atomic E-state index is 0.0215. The number of hydrogen-bond acceptors (Lipinski definition) is 11. The number of fused-ring (bicyclic) bond motifs is 7. The molecule has 5 saturated carbocycles. The lowest BCUT2D eigenvalue weighted by molar-refractivity contribution is -0.191. The highest BCUT2D eigenvalue weighted by Crippen LogP contribution is 2.83. The molecule has 0 aromatic rings. The highest BCUT2D eigenvalue weighted by molar-refractivity contribution is 6.09. The van der Waals surface area contributed by atoms with E-state index in [0.29, 0.717) is 18.4 Å². The monoisotopic (exact) mass is 676 g/mol. The van der Waals surface area contributed by atoms with Crippen LogP contribution in [0.25, 0.3) is 0 Å². The van der Waals surface area contributed by atoms with Crippen LogP contribution in [0.5, 0.6) is 0 Å². The Labute approximate surface area is 284 Å². The second-order valence-electron chi connectivity index (χ2n) is 16.5. The number of Topliss-reactive ketones (excluding diaryl/α,β-unsaturated/α-hetero) is 1. The maximum absolute atomic E-state index is 14.5. The zero-order chi connectivity index (χ0) is 35.3. The third-order valence-corrected chi connectivity index (χ3v) is 14.2. The van der Waals surface area contributed by atoms with E-state index in [-0.39, 0.29) is 60.0 Å². The van der Waals surface area contributed by atoms with Crippen LogP contribution in [0, 0.1) is 52.3 Å². The van der Waals surface area contributed by atoms with Crippen LogP contribution in [-0.2, 0) is 42.9 Å². The summed E-state index contributed by atoms with van der Waals surface area (Å²) in [5.74, 6) is -4.80. The molecule has 0 bridgehead atoms. The summed E-state index contributed by atoms with van der Waals surface area (Å²) in [6, 6.07) is 0. The zero-order valence-corrected chi connectivity index (χ0v) is 29.0. The van der Waals surface area contributed by atoms with E-state index in [1.165, 1.54) is 27.0 Å². The topological polar surface area (TPSA) is 163 Å². The number of aliphatic hydroxyl groups excluding tert-OH is 1. The average Bonchev–Trinajstić information content (AvgIpc) is 3.95. The Bertz CT molecular complexity index is 1790. The van der Waals surface area contributed by atoms with E-state index in [9.17, 15) is 34.2 Å². The van der Waals surface area contributed by atoms with Gasteiger partial charge in [0.1, 0.15) is 30.5 Å². The zero-order valence-electron chi connectivity index (χ0n) is 29.0. The summed E-state index contributed by atoms with van der Waals surface area (Å²) < 4.78 is 22.9. The van der Waals surface area contributed by atoms with E-state index in [1.807, 2.05) is 6.92 Å². The molecule has 0 radical (unpaired) electrons. The first kappa shape index (κ1) is 32.6. The predicted octanol–water partition coefficient (Wildman–Crippen LogP) is 3.08. The van der Waals surface area contributed by atoms with Gasteiger partial charge in [0.15, 0.2) is 5.78 Å². The molecular formula is C38H44O11. The number of hydrogen-bond donors (Lipinski definition) is 2. The fourth-order valence-corrected chi connectivity index (χ4v) is 12.2. The van der Waals surface area contributed by atoms with Crippen molar-refractivity contribution in [2.45, 2.75) is 84.5 Å². The molecule has 2 N–H and O–H groups in total. The SMILES string of the molecule is COC(=O)/C(C)=C1\C(=O)[C@H](O)[C@]2(C)C3=C(C[C@@H]4[C@]5(OC(=O)C(COC(C)=O)=C5C[C@H]5[C@](O)(COC(=O)C=C(C)C)[C@H]6C[C@H]6[C@]45C)[C@H]31)[C@H]1C[C@H]12. The highest BCUT2D eigenvalue weighted by atomic mass is 16.6. The number of esters is 4. The number of methoxy groups -OCH3 is 1. The van der Waals surface area contributed by atoms with Crippen molar-refractivity contribution in [2.24, 2.45) is 52.3 Å². The van der Waals surface area contributed by atoms with Gasteiger partial charge in [-0.15, -0.1) is 0 Å². The van der Waals surface area contributed by atoms with Gasteiger partial charge in [0.25, 0.3) is 0 Å². The van der Waals surface area contributed by atoms with Crippen molar-refractivity contribution in [1.82, 2.24) is 0 Å². The minimum Gasteiger partial charge on any atom is -0.466 e. The number of carbonyl (C=O) groups excluding carboxylic acids is 5. The van der Waals surface area contributed by atoms with Gasteiger partial charge in [-0.1, -0.05) is 25.0 Å². The number of ketones is 1. The smallest absolute Gasteiger partial charge is 0.338 e. The molecule has 12 atom stereocenters. The molecule has 11 heteroatoms. The Morgan fingerprint density at radius 3 is 2.35 bits per heavy atom. The van der Waals surface area contributed by atoms with Gasteiger partial charge in [-0.3, -0.25) is 9.59 Å². The van der Waals surface area contributed by atoms with Crippen LogP contribution in [0.2, 0.25) is 0 Å². The second kappa shape index (κ2) is 10.0. The lowest BCUT2D eigenvalue weighted by atomic mass is 9.42. The molecule has 0 saturated heterocycles. The van der Waals surface area contributed by atoms with Crippen molar-refractivity contribution in [3.63, 3.8) is 0 Å². The van der Waals surface area contributed by atoms with Gasteiger partial charge in [0.05, 0.1) is 18.6 Å². The summed E-state index contributed by atoms with van der Waals surface area (Å²) >= 11 is 0. The number of allylic oxidation sites excluding steroid dienone is 2. The molecule has 0 amide bonds. The molecule has 0 aromatic carbocycles. The Morgan fingerprint density at radius 1 is 0.980 bits per heavy atom. The molecule has 1 spiro atoms. The van der Waals surface area contributed by atoms with Crippen molar-refractivity contribution in [3.8, 4) is 0 Å². The maximum Gasteiger partial charge on any atom is 0.338 e. The number of ether oxygens (including phenoxy) is 4. The first-order valence-corrected chi connectivity index (χ1v) is 17.4. The van der Waals surface area contributed by atoms with Gasteiger partial charge >= 0.3 is 23.9 Å². The van der Waals surface area contributed by atoms with Crippen molar-refractivity contribution < 1.29 is 53.1 Å². The Balaban J connectivity index is 1.37. The average molecular weight is 677 g/mol. The van der Waals surface area contributed by atoms with E-state index in [1.54, 1.807) is 13.8 Å². The maximum atomic E-state index is 14.5. The summed E-state index contributed by atoms with van der Waals surface area (Å²) in [7, 11) is 1.24. The molecule has 8 rings (SSSR count). The van der Waals surface area contributed by atoms with Crippen LogP contribution in [0.1, 0.15) is 67.2 Å². The quantitative estimate of drug-likeness (QED) is 0.184. The molecule has 262 valence electrons. The summed E-state index contributed by atoms with van der Waals surface area (Å²) in [4.78, 5) is 66.6. The van der Waals surface area contributed by atoms with E-state index in [2.05, 4.69) is 6.92 Å². The Hall–Kier alpha value is -3.57. The molecule has 11 nitrogen and oxygen atoms in total. The third-order valence-electron chi connectivity index (χ3n) is 14.2. The van der Waals surface area contributed by atoms with Gasteiger partial charge in [-0.2, -0.15) is 0 Å². The van der Waals surface area contributed by atoms with Crippen molar-refractivity contribution >= 4 is 29.7 Å². The summed E-state index contributed by atoms with van der Waals surface area (Å²) in [6.45, 7) is 9.85. The predicted molar refractivity (Wildman–Crippen MR) is 170 cm³/mol. The van der Waals surface area contributed by atoms with Gasteiger partial charge in [-0.25, -0.2) is 14.4 Å². The fraction of sp³-hybridized carbons (Fsp3) is 0.658.